The van der Waals surface area contributed by atoms with Crippen LogP contribution in [0.2, 0.25) is 13.1 Å². The number of allylic oxidation sites excluding steroid dienone is 4. The van der Waals surface area contributed by atoms with Gasteiger partial charge in [-0.3, -0.25) is 6.08 Å². The molecule has 3 aromatic rings. The summed E-state index contributed by atoms with van der Waals surface area (Å²) in [5, 5.41) is 5.39. The van der Waals surface area contributed by atoms with Crippen LogP contribution in [-0.2, 0) is 19.2 Å². The van der Waals surface area contributed by atoms with Gasteiger partial charge < -0.3 is 0 Å². The molecule has 0 N–H and O–H groups in total. The van der Waals surface area contributed by atoms with E-state index in [0.29, 0.717) is 0 Å². The molecule has 4 rings (SSSR count). The molecule has 0 fully saturated rings. The van der Waals surface area contributed by atoms with Crippen molar-refractivity contribution < 1.29 is 19.2 Å². The normalized spacial score (nSPS) is 11.3. The fourth-order valence-corrected chi connectivity index (χ4v) is 2.60. The molecule has 0 bridgehead atoms. The summed E-state index contributed by atoms with van der Waals surface area (Å²) in [4.78, 5) is 0. The van der Waals surface area contributed by atoms with Crippen molar-refractivity contribution in [1.82, 2.24) is 0 Å². The van der Waals surface area contributed by atoms with Gasteiger partial charge in [-0.15, -0.1) is 71.0 Å². The molecule has 0 radical (unpaired) electrons. The van der Waals surface area contributed by atoms with Gasteiger partial charge in [0.25, 0.3) is 0 Å². The summed E-state index contributed by atoms with van der Waals surface area (Å²) >= 11 is 2.27. The van der Waals surface area contributed by atoms with E-state index in [1.807, 2.05) is 0 Å². The van der Waals surface area contributed by atoms with Gasteiger partial charge in [-0.25, -0.2) is 11.6 Å². The van der Waals surface area contributed by atoms with Crippen molar-refractivity contribution in [3.05, 3.63) is 78.4 Å². The molecule has 26 heavy (non-hydrogen) atoms. The van der Waals surface area contributed by atoms with Crippen LogP contribution < -0.4 is 0 Å². The van der Waals surface area contributed by atoms with E-state index in [9.17, 15) is 0 Å². The molecule has 0 heterocycles. The molecule has 0 saturated heterocycles. The molecule has 0 nitrogen and oxygen atoms in total. The Morgan fingerprint density at radius 3 is 1.77 bits per heavy atom. The first-order chi connectivity index (χ1) is 11.6. The van der Waals surface area contributed by atoms with Crippen molar-refractivity contribution >= 4 is 52.5 Å². The van der Waals surface area contributed by atoms with Crippen LogP contribution in [0.4, 0.5) is 0 Å². The Balaban J connectivity index is 0.000000415. The van der Waals surface area contributed by atoms with E-state index in [1.54, 1.807) is 0 Å². The summed E-state index contributed by atoms with van der Waals surface area (Å²) in [6.45, 7) is 6.69. The van der Waals surface area contributed by atoms with Gasteiger partial charge in [-0.05, 0) is 0 Å². The van der Waals surface area contributed by atoms with Gasteiger partial charge in [-0.2, -0.15) is 6.08 Å². The fraction of sp³-hybridized carbons (Fsp3) is 0.227. The fourth-order valence-electron chi connectivity index (χ4n) is 2.60. The minimum absolute atomic E-state index is 0. The first-order valence-corrected chi connectivity index (χ1v) is 13.3. The van der Waals surface area contributed by atoms with Gasteiger partial charge >= 0.3 is 38.5 Å². The van der Waals surface area contributed by atoms with E-state index in [1.165, 1.54) is 27.1 Å². The zero-order valence-electron chi connectivity index (χ0n) is 15.6. The standard InChI is InChI=1S/C13H9.C7H9.C2H6Si.2ClH.Ti/c1-3-7-12-10(5-1)9-11-6-2-4-8-13(11)12;1-2-7-5-3-4-6-7;1-3-2;;;/h1-9H;3,5H,2,4H2,1H3;1-2H3;2*1H;/q2*-1;;;;+2. The van der Waals surface area contributed by atoms with Crippen LogP contribution in [0.1, 0.15) is 19.8 Å². The van der Waals surface area contributed by atoms with Crippen molar-refractivity contribution in [3.8, 4) is 0 Å². The SMILES string of the molecule is CCC1=[C-]CC=C1.C[Si](C)=[Ti+2].Cl.Cl.c1ccc2c(c1)[cH-]c1ccccc12. The third-order valence-corrected chi connectivity index (χ3v) is 3.67. The monoisotopic (exact) mass is 436 g/mol. The maximum Gasteiger partial charge on any atom is -0.0771 e. The minimum atomic E-state index is 0. The third kappa shape index (κ3) is 7.90. The maximum atomic E-state index is 3.21. The summed E-state index contributed by atoms with van der Waals surface area (Å²) in [7, 11) is 0. The molecule has 1 aliphatic carbocycles. The zero-order chi connectivity index (χ0) is 17.4. The molecule has 1 aliphatic rings. The first kappa shape index (κ1) is 25.3. The van der Waals surface area contributed by atoms with E-state index in [-0.39, 0.29) is 31.0 Å². The van der Waals surface area contributed by atoms with Crippen molar-refractivity contribution in [2.75, 3.05) is 0 Å². The van der Waals surface area contributed by atoms with Crippen LogP contribution in [-0.4, -0.2) is 6.19 Å². The van der Waals surface area contributed by atoms with Crippen LogP contribution in [0.15, 0.2) is 72.3 Å². The van der Waals surface area contributed by atoms with Gasteiger partial charge in [0.1, 0.15) is 0 Å². The second-order valence-corrected chi connectivity index (χ2v) is 12.7. The van der Waals surface area contributed by atoms with E-state index < -0.39 is 0 Å². The van der Waals surface area contributed by atoms with Gasteiger partial charge in [-0.1, -0.05) is 49.7 Å². The minimum Gasteiger partial charge on any atom is -0.147 e. The zero-order valence-corrected chi connectivity index (χ0v) is 19.8. The predicted molar refractivity (Wildman–Crippen MR) is 120 cm³/mol. The van der Waals surface area contributed by atoms with Gasteiger partial charge in [0.05, 0.1) is 0 Å². The van der Waals surface area contributed by atoms with Crippen molar-refractivity contribution in [2.45, 2.75) is 32.9 Å². The molecule has 0 saturated carbocycles. The number of hydrogen-bond acceptors (Lipinski definition) is 0. The number of halogens is 2. The summed E-state index contributed by atoms with van der Waals surface area (Å²) in [5.74, 6) is 0. The molecule has 0 aliphatic heterocycles. The van der Waals surface area contributed by atoms with E-state index in [4.69, 9.17) is 0 Å². The molecule has 0 amide bonds. The average molecular weight is 437 g/mol. The summed E-state index contributed by atoms with van der Waals surface area (Å²) in [6, 6.07) is 19.3. The second kappa shape index (κ2) is 13.5. The molecular weight excluding hydrogens is 411 g/mol. The number of benzene rings is 2. The topological polar surface area (TPSA) is 0 Å². The van der Waals surface area contributed by atoms with Gasteiger partial charge in [0.2, 0.25) is 0 Å². The molecular formula is C22H26Cl2SiTi. The second-order valence-electron chi connectivity index (χ2n) is 5.98. The Bertz CT molecular complexity index is 824. The Kier molecular flexibility index (Phi) is 13.1. The van der Waals surface area contributed by atoms with Crippen molar-refractivity contribution in [2.24, 2.45) is 0 Å². The molecule has 4 heteroatoms. The van der Waals surface area contributed by atoms with Gasteiger partial charge in [0.15, 0.2) is 0 Å². The molecule has 0 atom stereocenters. The van der Waals surface area contributed by atoms with E-state index in [2.05, 4.69) is 112 Å². The van der Waals surface area contributed by atoms with Crippen molar-refractivity contribution in [3.63, 3.8) is 0 Å². The Labute approximate surface area is 182 Å². The van der Waals surface area contributed by atoms with Crippen molar-refractivity contribution in [1.29, 1.82) is 0 Å². The third-order valence-electron chi connectivity index (χ3n) is 3.67. The Hall–Kier alpha value is -0.699. The van der Waals surface area contributed by atoms with Gasteiger partial charge in [0, 0.05) is 0 Å². The summed E-state index contributed by atoms with van der Waals surface area (Å²) < 4.78 is 0. The number of rotatable bonds is 1. The summed E-state index contributed by atoms with van der Waals surface area (Å²) in [6.07, 6.45) is 9.78. The van der Waals surface area contributed by atoms with Crippen LogP contribution in [0.3, 0.4) is 0 Å². The molecule has 0 unspecified atom stereocenters. The average Bonchev–Trinajstić information content (AvgIpc) is 3.22. The molecule has 136 valence electrons. The quantitative estimate of drug-likeness (QED) is 0.274. The predicted octanol–water partition coefficient (Wildman–Crippen LogP) is 7.43. The van der Waals surface area contributed by atoms with E-state index in [0.717, 1.165) is 12.8 Å². The van der Waals surface area contributed by atoms with Crippen LogP contribution in [0.25, 0.3) is 21.5 Å². The molecule has 0 aromatic heterocycles. The molecule has 0 spiro atoms. The van der Waals surface area contributed by atoms with Crippen LogP contribution >= 0.6 is 24.8 Å². The smallest absolute Gasteiger partial charge is 0.0771 e. The molecule has 3 aromatic carbocycles. The number of fused-ring (bicyclic) bond motifs is 3. The van der Waals surface area contributed by atoms with Crippen LogP contribution in [0, 0.1) is 6.08 Å². The summed E-state index contributed by atoms with van der Waals surface area (Å²) in [5.41, 5.74) is 1.36. The first-order valence-electron chi connectivity index (χ1n) is 8.43. The number of hydrogen-bond donors (Lipinski definition) is 0. The Morgan fingerprint density at radius 1 is 0.962 bits per heavy atom. The van der Waals surface area contributed by atoms with E-state index >= 15 is 0 Å². The Morgan fingerprint density at radius 2 is 1.42 bits per heavy atom. The van der Waals surface area contributed by atoms with Crippen LogP contribution in [0.5, 0.6) is 0 Å². The largest absolute Gasteiger partial charge is 0.147 e. The maximum absolute atomic E-state index is 3.21.